The number of hydrogen-bond acceptors (Lipinski definition) is 2. The lowest BCUT2D eigenvalue weighted by molar-refractivity contribution is -0.152. The van der Waals surface area contributed by atoms with Gasteiger partial charge in [-0.05, 0) is 18.3 Å². The number of carboxylic acid groups (broad SMARTS) is 1. The standard InChI is InChI=1S/C13H25NO3/c1-6-13(7-2,11(16)17)8-10(15)14-9-12(3,4)5/h6-9H2,1-5H3,(H,14,15)(H,16,17). The fourth-order valence-electron chi connectivity index (χ4n) is 1.61. The van der Waals surface area contributed by atoms with Crippen LogP contribution >= 0.6 is 0 Å². The second kappa shape index (κ2) is 6.03. The summed E-state index contributed by atoms with van der Waals surface area (Å²) < 4.78 is 0. The Balaban J connectivity index is 4.48. The highest BCUT2D eigenvalue weighted by Gasteiger charge is 2.37. The summed E-state index contributed by atoms with van der Waals surface area (Å²) >= 11 is 0. The fourth-order valence-corrected chi connectivity index (χ4v) is 1.61. The molecule has 0 rings (SSSR count). The van der Waals surface area contributed by atoms with Crippen LogP contribution in [-0.2, 0) is 9.59 Å². The molecule has 0 radical (unpaired) electrons. The molecule has 0 atom stereocenters. The highest BCUT2D eigenvalue weighted by molar-refractivity contribution is 5.84. The Bertz CT molecular complexity index is 275. The van der Waals surface area contributed by atoms with Crippen molar-refractivity contribution in [3.05, 3.63) is 0 Å². The molecule has 0 aliphatic carbocycles. The molecule has 17 heavy (non-hydrogen) atoms. The van der Waals surface area contributed by atoms with Gasteiger partial charge in [0.1, 0.15) is 0 Å². The van der Waals surface area contributed by atoms with Crippen LogP contribution in [0.1, 0.15) is 53.9 Å². The lowest BCUT2D eigenvalue weighted by Crippen LogP contribution is -2.39. The number of rotatable bonds is 6. The molecule has 100 valence electrons. The van der Waals surface area contributed by atoms with Gasteiger partial charge in [0, 0.05) is 13.0 Å². The van der Waals surface area contributed by atoms with Crippen LogP contribution in [0.15, 0.2) is 0 Å². The maximum absolute atomic E-state index is 11.8. The predicted molar refractivity (Wildman–Crippen MR) is 67.7 cm³/mol. The molecule has 1 amide bonds. The number of aliphatic carboxylic acids is 1. The molecule has 4 heteroatoms. The van der Waals surface area contributed by atoms with E-state index in [1.807, 2.05) is 34.6 Å². The van der Waals surface area contributed by atoms with Crippen molar-refractivity contribution in [3.63, 3.8) is 0 Å². The molecule has 0 aromatic heterocycles. The Kier molecular flexibility index (Phi) is 5.66. The van der Waals surface area contributed by atoms with Crippen molar-refractivity contribution in [2.24, 2.45) is 10.8 Å². The van der Waals surface area contributed by atoms with Crippen molar-refractivity contribution in [3.8, 4) is 0 Å². The van der Waals surface area contributed by atoms with E-state index in [0.717, 1.165) is 0 Å². The molecule has 4 nitrogen and oxygen atoms in total. The summed E-state index contributed by atoms with van der Waals surface area (Å²) in [6, 6.07) is 0. The van der Waals surface area contributed by atoms with Crippen molar-refractivity contribution in [1.82, 2.24) is 5.32 Å². The lowest BCUT2D eigenvalue weighted by atomic mass is 9.79. The maximum Gasteiger partial charge on any atom is 0.310 e. The number of amides is 1. The highest BCUT2D eigenvalue weighted by atomic mass is 16.4. The van der Waals surface area contributed by atoms with Gasteiger partial charge in [-0.15, -0.1) is 0 Å². The van der Waals surface area contributed by atoms with Crippen LogP contribution in [0.4, 0.5) is 0 Å². The third-order valence-electron chi connectivity index (χ3n) is 3.12. The van der Waals surface area contributed by atoms with Gasteiger partial charge in [0.05, 0.1) is 5.41 Å². The lowest BCUT2D eigenvalue weighted by Gasteiger charge is -2.27. The minimum atomic E-state index is -0.915. The Morgan fingerprint density at radius 3 is 1.88 bits per heavy atom. The molecule has 0 aromatic carbocycles. The van der Waals surface area contributed by atoms with Gasteiger partial charge in [0.2, 0.25) is 5.91 Å². The van der Waals surface area contributed by atoms with E-state index >= 15 is 0 Å². The first-order chi connectivity index (χ1) is 7.67. The Morgan fingerprint density at radius 1 is 1.12 bits per heavy atom. The smallest absolute Gasteiger partial charge is 0.310 e. The van der Waals surface area contributed by atoms with E-state index in [-0.39, 0.29) is 17.7 Å². The largest absolute Gasteiger partial charge is 0.481 e. The van der Waals surface area contributed by atoms with Gasteiger partial charge in [-0.25, -0.2) is 0 Å². The van der Waals surface area contributed by atoms with Gasteiger partial charge in [0.15, 0.2) is 0 Å². The van der Waals surface area contributed by atoms with Gasteiger partial charge in [0.25, 0.3) is 0 Å². The van der Waals surface area contributed by atoms with E-state index in [9.17, 15) is 14.7 Å². The number of carboxylic acids is 1. The molecule has 0 aliphatic heterocycles. The van der Waals surface area contributed by atoms with Crippen molar-refractivity contribution in [1.29, 1.82) is 0 Å². The zero-order chi connectivity index (χ0) is 13.7. The molecule has 0 saturated carbocycles. The van der Waals surface area contributed by atoms with Crippen LogP contribution in [0.3, 0.4) is 0 Å². The summed E-state index contributed by atoms with van der Waals surface area (Å²) in [5, 5.41) is 12.0. The van der Waals surface area contributed by atoms with Gasteiger partial charge in [-0.3, -0.25) is 9.59 Å². The van der Waals surface area contributed by atoms with Crippen molar-refractivity contribution >= 4 is 11.9 Å². The SMILES string of the molecule is CCC(CC)(CC(=O)NCC(C)(C)C)C(=O)O. The molecule has 0 spiro atoms. The Labute approximate surface area is 104 Å². The quantitative estimate of drug-likeness (QED) is 0.753. The highest BCUT2D eigenvalue weighted by Crippen LogP contribution is 2.30. The van der Waals surface area contributed by atoms with Gasteiger partial charge in [-0.2, -0.15) is 0 Å². The summed E-state index contributed by atoms with van der Waals surface area (Å²) in [6.07, 6.45) is 1.01. The van der Waals surface area contributed by atoms with Crippen LogP contribution in [0, 0.1) is 10.8 Å². The Morgan fingerprint density at radius 2 is 1.59 bits per heavy atom. The predicted octanol–water partition coefficient (Wildman–Crippen LogP) is 2.43. The van der Waals surface area contributed by atoms with E-state index in [4.69, 9.17) is 0 Å². The van der Waals surface area contributed by atoms with Crippen LogP contribution in [0.5, 0.6) is 0 Å². The Hall–Kier alpha value is -1.06. The summed E-state index contributed by atoms with van der Waals surface area (Å²) in [7, 11) is 0. The summed E-state index contributed by atoms with van der Waals surface area (Å²) in [5.41, 5.74) is -0.901. The van der Waals surface area contributed by atoms with Crippen LogP contribution < -0.4 is 5.32 Å². The van der Waals surface area contributed by atoms with E-state index < -0.39 is 11.4 Å². The summed E-state index contributed by atoms with van der Waals surface area (Å²) in [5.74, 6) is -1.06. The molecule has 0 unspecified atom stereocenters. The van der Waals surface area contributed by atoms with Crippen molar-refractivity contribution in [2.75, 3.05) is 6.54 Å². The van der Waals surface area contributed by atoms with Crippen LogP contribution in [-0.4, -0.2) is 23.5 Å². The number of carbonyl (C=O) groups excluding carboxylic acids is 1. The zero-order valence-corrected chi connectivity index (χ0v) is 11.6. The third kappa shape index (κ3) is 5.20. The fraction of sp³-hybridized carbons (Fsp3) is 0.846. The van der Waals surface area contributed by atoms with E-state index in [1.54, 1.807) is 0 Å². The van der Waals surface area contributed by atoms with Gasteiger partial charge < -0.3 is 10.4 Å². The molecule has 0 saturated heterocycles. The first-order valence-corrected chi connectivity index (χ1v) is 6.17. The van der Waals surface area contributed by atoms with Gasteiger partial charge >= 0.3 is 5.97 Å². The van der Waals surface area contributed by atoms with Crippen LogP contribution in [0.2, 0.25) is 0 Å². The molecule has 0 aromatic rings. The number of hydrogen-bond donors (Lipinski definition) is 2. The molecule has 0 aliphatic rings. The molecule has 2 N–H and O–H groups in total. The second-order valence-corrected chi connectivity index (χ2v) is 5.81. The molecular weight excluding hydrogens is 218 g/mol. The zero-order valence-electron chi connectivity index (χ0n) is 11.6. The van der Waals surface area contributed by atoms with Crippen LogP contribution in [0.25, 0.3) is 0 Å². The molecule has 0 heterocycles. The van der Waals surface area contributed by atoms with Crippen molar-refractivity contribution < 1.29 is 14.7 Å². The molecule has 0 bridgehead atoms. The summed E-state index contributed by atoms with van der Waals surface area (Å²) in [4.78, 5) is 23.0. The van der Waals surface area contributed by atoms with E-state index in [0.29, 0.717) is 19.4 Å². The minimum Gasteiger partial charge on any atom is -0.481 e. The van der Waals surface area contributed by atoms with E-state index in [2.05, 4.69) is 5.32 Å². The average molecular weight is 243 g/mol. The first kappa shape index (κ1) is 15.9. The topological polar surface area (TPSA) is 66.4 Å². The number of nitrogens with one attached hydrogen (secondary N) is 1. The second-order valence-electron chi connectivity index (χ2n) is 5.81. The minimum absolute atomic E-state index is 0.0139. The molecule has 0 fully saturated rings. The summed E-state index contributed by atoms with van der Waals surface area (Å²) in [6.45, 7) is 10.3. The average Bonchev–Trinajstić information content (AvgIpc) is 2.22. The normalized spacial score (nSPS) is 12.3. The van der Waals surface area contributed by atoms with E-state index in [1.165, 1.54) is 0 Å². The van der Waals surface area contributed by atoms with Crippen molar-refractivity contribution in [2.45, 2.75) is 53.9 Å². The monoisotopic (exact) mass is 243 g/mol. The maximum atomic E-state index is 11.8. The third-order valence-corrected chi connectivity index (χ3v) is 3.12. The van der Waals surface area contributed by atoms with Gasteiger partial charge in [-0.1, -0.05) is 34.6 Å². The number of carbonyl (C=O) groups is 2. The first-order valence-electron chi connectivity index (χ1n) is 6.17. The molecular formula is C13H25NO3.